The quantitative estimate of drug-likeness (QED) is 0.650. The van der Waals surface area contributed by atoms with Crippen molar-refractivity contribution in [3.8, 4) is 0 Å². The van der Waals surface area contributed by atoms with Crippen molar-refractivity contribution in [1.82, 2.24) is 14.6 Å². The van der Waals surface area contributed by atoms with E-state index in [2.05, 4.69) is 10.3 Å². The number of rotatable bonds is 9. The zero-order chi connectivity index (χ0) is 17.6. The van der Waals surface area contributed by atoms with Gasteiger partial charge in [0.15, 0.2) is 0 Å². The van der Waals surface area contributed by atoms with Crippen LogP contribution >= 0.6 is 0 Å². The van der Waals surface area contributed by atoms with Gasteiger partial charge in [-0.15, -0.1) is 0 Å². The van der Waals surface area contributed by atoms with Crippen molar-refractivity contribution in [2.75, 3.05) is 39.6 Å². The Hall–Kier alpha value is -1.90. The highest BCUT2D eigenvalue weighted by atomic mass is 32.2. The van der Waals surface area contributed by atoms with Crippen LogP contribution in [-0.2, 0) is 26.0 Å². The van der Waals surface area contributed by atoms with E-state index in [0.717, 1.165) is 22.7 Å². The van der Waals surface area contributed by atoms with Gasteiger partial charge in [0, 0.05) is 37.3 Å². The number of nitrogens with one attached hydrogen (secondary N) is 2. The first-order chi connectivity index (χ1) is 11.4. The maximum atomic E-state index is 11.9. The Balaban J connectivity index is 2.00. The molecule has 0 spiro atoms. The third kappa shape index (κ3) is 5.05. The number of nitrogens with zero attached hydrogens (tertiary/aromatic N) is 1. The van der Waals surface area contributed by atoms with E-state index in [1.54, 1.807) is 0 Å². The zero-order valence-electron chi connectivity index (χ0n) is 13.9. The van der Waals surface area contributed by atoms with Crippen LogP contribution in [0.2, 0.25) is 0 Å². The minimum absolute atomic E-state index is 0.190. The second-order valence-electron chi connectivity index (χ2n) is 5.55. The van der Waals surface area contributed by atoms with Crippen LogP contribution in [0.15, 0.2) is 30.5 Å². The fourth-order valence-electron chi connectivity index (χ4n) is 2.45. The van der Waals surface area contributed by atoms with Gasteiger partial charge in [-0.1, -0.05) is 18.2 Å². The Labute approximate surface area is 142 Å². The number of aromatic nitrogens is 1. The van der Waals surface area contributed by atoms with Gasteiger partial charge >= 0.3 is 0 Å². The predicted molar refractivity (Wildman–Crippen MR) is 93.3 cm³/mol. The monoisotopic (exact) mass is 353 g/mol. The molecule has 8 heteroatoms. The second kappa shape index (κ2) is 8.27. The standard InChI is InChI=1S/C16H23N3O4S/c1-23-10-8-17-16(20)12-19(24(2,21)22)9-7-13-11-18-15-6-4-3-5-14(13)15/h3-6,11,18H,7-10,12H2,1-2H3,(H,17,20). The van der Waals surface area contributed by atoms with E-state index in [0.29, 0.717) is 19.6 Å². The molecule has 7 nitrogen and oxygen atoms in total. The maximum Gasteiger partial charge on any atom is 0.235 e. The van der Waals surface area contributed by atoms with Crippen molar-refractivity contribution in [3.05, 3.63) is 36.0 Å². The summed E-state index contributed by atoms with van der Waals surface area (Å²) >= 11 is 0. The molecule has 0 atom stereocenters. The molecule has 0 aliphatic heterocycles. The summed E-state index contributed by atoms with van der Waals surface area (Å²) in [4.78, 5) is 15.0. The molecule has 0 saturated carbocycles. The molecule has 0 radical (unpaired) electrons. The van der Waals surface area contributed by atoms with E-state index in [9.17, 15) is 13.2 Å². The van der Waals surface area contributed by atoms with Crippen LogP contribution in [0.5, 0.6) is 0 Å². The van der Waals surface area contributed by atoms with Crippen LogP contribution in [0.4, 0.5) is 0 Å². The van der Waals surface area contributed by atoms with Crippen LogP contribution in [0.1, 0.15) is 5.56 Å². The van der Waals surface area contributed by atoms with Crippen molar-refractivity contribution in [2.45, 2.75) is 6.42 Å². The van der Waals surface area contributed by atoms with Gasteiger partial charge in [0.1, 0.15) is 0 Å². The Morgan fingerprint density at radius 2 is 2.08 bits per heavy atom. The number of H-pyrrole nitrogens is 1. The summed E-state index contributed by atoms with van der Waals surface area (Å²) in [5, 5.41) is 3.70. The zero-order valence-corrected chi connectivity index (χ0v) is 14.7. The molecule has 0 fully saturated rings. The van der Waals surface area contributed by atoms with Crippen molar-refractivity contribution < 1.29 is 17.9 Å². The van der Waals surface area contributed by atoms with E-state index >= 15 is 0 Å². The summed E-state index contributed by atoms with van der Waals surface area (Å²) in [5.74, 6) is -0.337. The molecule has 1 amide bonds. The molecule has 1 heterocycles. The van der Waals surface area contributed by atoms with Gasteiger partial charge in [-0.05, 0) is 18.1 Å². The van der Waals surface area contributed by atoms with Gasteiger partial charge < -0.3 is 15.0 Å². The molecule has 0 bridgehead atoms. The number of amides is 1. The van der Waals surface area contributed by atoms with Crippen molar-refractivity contribution >= 4 is 26.8 Å². The molecule has 24 heavy (non-hydrogen) atoms. The topological polar surface area (TPSA) is 91.5 Å². The summed E-state index contributed by atoms with van der Waals surface area (Å²) < 4.78 is 29.9. The normalized spacial score (nSPS) is 12.0. The first-order valence-corrected chi connectivity index (χ1v) is 9.52. The number of benzene rings is 1. The molecule has 2 rings (SSSR count). The lowest BCUT2D eigenvalue weighted by molar-refractivity contribution is -0.121. The van der Waals surface area contributed by atoms with E-state index in [4.69, 9.17) is 4.74 Å². The number of aromatic amines is 1. The predicted octanol–water partition coefficient (Wildman–Crippen LogP) is 0.735. The number of hydrogen-bond acceptors (Lipinski definition) is 4. The van der Waals surface area contributed by atoms with Crippen LogP contribution in [-0.4, -0.2) is 63.2 Å². The molecule has 0 unspecified atom stereocenters. The number of sulfonamides is 1. The van der Waals surface area contributed by atoms with Gasteiger partial charge in [-0.2, -0.15) is 4.31 Å². The number of fused-ring (bicyclic) bond motifs is 1. The molecule has 132 valence electrons. The first-order valence-electron chi connectivity index (χ1n) is 7.67. The van der Waals surface area contributed by atoms with Crippen molar-refractivity contribution in [3.63, 3.8) is 0 Å². The highest BCUT2D eigenvalue weighted by Gasteiger charge is 2.20. The fourth-order valence-corrected chi connectivity index (χ4v) is 3.23. The molecule has 1 aromatic heterocycles. The molecular weight excluding hydrogens is 330 g/mol. The Bertz CT molecular complexity index is 785. The van der Waals surface area contributed by atoms with Gasteiger partial charge in [-0.3, -0.25) is 4.79 Å². The summed E-state index contributed by atoms with van der Waals surface area (Å²) in [6.07, 6.45) is 3.52. The number of methoxy groups -OCH3 is 1. The number of hydrogen-bond donors (Lipinski definition) is 2. The summed E-state index contributed by atoms with van der Waals surface area (Å²) in [6, 6.07) is 7.84. The van der Waals surface area contributed by atoms with E-state index < -0.39 is 10.0 Å². The molecule has 0 aliphatic carbocycles. The number of carbonyl (C=O) groups excluding carboxylic acids is 1. The molecule has 1 aromatic carbocycles. The van der Waals surface area contributed by atoms with Crippen LogP contribution in [0.25, 0.3) is 10.9 Å². The molecule has 0 aliphatic rings. The SMILES string of the molecule is COCCNC(=O)CN(CCc1c[nH]c2ccccc12)S(C)(=O)=O. The minimum Gasteiger partial charge on any atom is -0.383 e. The lowest BCUT2D eigenvalue weighted by atomic mass is 10.1. The smallest absolute Gasteiger partial charge is 0.235 e. The van der Waals surface area contributed by atoms with Crippen LogP contribution in [0.3, 0.4) is 0 Å². The van der Waals surface area contributed by atoms with Gasteiger partial charge in [-0.25, -0.2) is 8.42 Å². The molecule has 2 aromatic rings. The highest BCUT2D eigenvalue weighted by Crippen LogP contribution is 2.18. The van der Waals surface area contributed by atoms with Gasteiger partial charge in [0.2, 0.25) is 15.9 Å². The summed E-state index contributed by atoms with van der Waals surface area (Å²) in [7, 11) is -1.93. The van der Waals surface area contributed by atoms with Crippen molar-refractivity contribution in [2.24, 2.45) is 0 Å². The van der Waals surface area contributed by atoms with E-state index in [-0.39, 0.29) is 19.0 Å². The number of para-hydroxylation sites is 1. The average molecular weight is 353 g/mol. The number of carbonyl (C=O) groups is 1. The average Bonchev–Trinajstić information content (AvgIpc) is 2.94. The maximum absolute atomic E-state index is 11.9. The summed E-state index contributed by atoms with van der Waals surface area (Å²) in [6.45, 7) is 0.804. The van der Waals surface area contributed by atoms with Gasteiger partial charge in [0.25, 0.3) is 0 Å². The fraction of sp³-hybridized carbons (Fsp3) is 0.438. The summed E-state index contributed by atoms with van der Waals surface area (Å²) in [5.41, 5.74) is 2.04. The van der Waals surface area contributed by atoms with Crippen LogP contribution in [0, 0.1) is 0 Å². The Morgan fingerprint density at radius 3 is 2.79 bits per heavy atom. The largest absolute Gasteiger partial charge is 0.383 e. The lowest BCUT2D eigenvalue weighted by Crippen LogP contribution is -2.42. The lowest BCUT2D eigenvalue weighted by Gasteiger charge is -2.19. The van der Waals surface area contributed by atoms with Crippen molar-refractivity contribution in [1.29, 1.82) is 0 Å². The third-order valence-corrected chi connectivity index (χ3v) is 4.97. The Kier molecular flexibility index (Phi) is 6.36. The number of ether oxygens (including phenoxy) is 1. The minimum atomic E-state index is -3.47. The molecule has 0 saturated heterocycles. The second-order valence-corrected chi connectivity index (χ2v) is 7.53. The Morgan fingerprint density at radius 1 is 1.33 bits per heavy atom. The third-order valence-electron chi connectivity index (χ3n) is 3.72. The highest BCUT2D eigenvalue weighted by molar-refractivity contribution is 7.88. The molecule has 2 N–H and O–H groups in total. The van der Waals surface area contributed by atoms with Gasteiger partial charge in [0.05, 0.1) is 19.4 Å². The first kappa shape index (κ1) is 18.4. The van der Waals surface area contributed by atoms with E-state index in [1.165, 1.54) is 11.4 Å². The molecular formula is C16H23N3O4S. The van der Waals surface area contributed by atoms with E-state index in [1.807, 2.05) is 30.5 Å². The van der Waals surface area contributed by atoms with Crippen LogP contribution < -0.4 is 5.32 Å².